The lowest BCUT2D eigenvalue weighted by molar-refractivity contribution is 0.255. The third kappa shape index (κ3) is 3.03. The van der Waals surface area contributed by atoms with Crippen LogP contribution < -0.4 is 15.4 Å². The molecule has 19 heavy (non-hydrogen) atoms. The van der Waals surface area contributed by atoms with Gasteiger partial charge in [0.1, 0.15) is 5.75 Å². The molecule has 0 fully saturated rings. The third-order valence-corrected chi connectivity index (χ3v) is 3.16. The van der Waals surface area contributed by atoms with Gasteiger partial charge in [-0.25, -0.2) is 14.7 Å². The van der Waals surface area contributed by atoms with Gasteiger partial charge in [0.15, 0.2) is 5.13 Å². The number of aromatic nitrogens is 1. The van der Waals surface area contributed by atoms with E-state index in [1.165, 1.54) is 16.2 Å². The van der Waals surface area contributed by atoms with Crippen LogP contribution in [-0.2, 0) is 0 Å². The van der Waals surface area contributed by atoms with E-state index in [9.17, 15) is 4.79 Å². The van der Waals surface area contributed by atoms with E-state index in [1.807, 2.05) is 25.1 Å². The number of urea groups is 1. The lowest BCUT2D eigenvalue weighted by Crippen LogP contribution is -2.31. The van der Waals surface area contributed by atoms with Gasteiger partial charge in [0.25, 0.3) is 0 Å². The molecule has 0 unspecified atom stereocenters. The first-order chi connectivity index (χ1) is 9.24. The van der Waals surface area contributed by atoms with E-state index in [0.29, 0.717) is 23.2 Å². The van der Waals surface area contributed by atoms with E-state index < -0.39 is 6.03 Å². The van der Waals surface area contributed by atoms with Crippen LogP contribution >= 0.6 is 11.3 Å². The molecular formula is C13H15N3O2S. The summed E-state index contributed by atoms with van der Waals surface area (Å²) in [6.45, 7) is 2.61. The summed E-state index contributed by atoms with van der Waals surface area (Å²) in [4.78, 5) is 17.2. The highest BCUT2D eigenvalue weighted by atomic mass is 32.1. The molecule has 0 saturated heterocycles. The van der Waals surface area contributed by atoms with Crippen molar-refractivity contribution in [3.8, 4) is 5.75 Å². The minimum absolute atomic E-state index is 0.528. The number of carbonyl (C=O) groups excluding carboxylic acids is 1. The van der Waals surface area contributed by atoms with E-state index in [-0.39, 0.29) is 0 Å². The van der Waals surface area contributed by atoms with Gasteiger partial charge >= 0.3 is 6.03 Å². The number of rotatable bonds is 5. The van der Waals surface area contributed by atoms with Gasteiger partial charge in [-0.15, -0.1) is 11.3 Å². The molecule has 2 N–H and O–H groups in total. The van der Waals surface area contributed by atoms with Gasteiger partial charge in [0.05, 0.1) is 12.3 Å². The van der Waals surface area contributed by atoms with Gasteiger partial charge in [-0.1, -0.05) is 19.1 Å². The van der Waals surface area contributed by atoms with Gasteiger partial charge in [-0.3, -0.25) is 0 Å². The molecule has 1 aromatic heterocycles. The van der Waals surface area contributed by atoms with Crippen LogP contribution in [0.15, 0.2) is 35.8 Å². The maximum absolute atomic E-state index is 11.7. The molecule has 2 rings (SSSR count). The van der Waals surface area contributed by atoms with Gasteiger partial charge in [0, 0.05) is 11.6 Å². The second-order valence-corrected chi connectivity index (χ2v) is 4.68. The first kappa shape index (κ1) is 13.4. The highest BCUT2D eigenvalue weighted by molar-refractivity contribution is 7.13. The van der Waals surface area contributed by atoms with Crippen molar-refractivity contribution in [3.63, 3.8) is 0 Å². The predicted octanol–water partition coefficient (Wildman–Crippen LogP) is 3.15. The summed E-state index contributed by atoms with van der Waals surface area (Å²) in [7, 11) is 0. The number of nitrogens with two attached hydrogens (primary N) is 1. The lowest BCUT2D eigenvalue weighted by atomic mass is 10.2. The fourth-order valence-electron chi connectivity index (χ4n) is 1.62. The second-order valence-electron chi connectivity index (χ2n) is 3.80. The number of anilines is 2. The Hall–Kier alpha value is -2.08. The number of para-hydroxylation sites is 2. The molecular weight excluding hydrogens is 262 g/mol. The average Bonchev–Trinajstić information content (AvgIpc) is 2.91. The SMILES string of the molecule is CCCOc1ccccc1N(C(N)=O)c1nccs1. The fraction of sp³-hybridized carbons (Fsp3) is 0.231. The molecule has 0 atom stereocenters. The average molecular weight is 277 g/mol. The van der Waals surface area contributed by atoms with Crippen molar-refractivity contribution in [3.05, 3.63) is 35.8 Å². The molecule has 0 bridgehead atoms. The molecule has 0 aliphatic rings. The number of primary amides is 1. The first-order valence-electron chi connectivity index (χ1n) is 5.95. The Kier molecular flexibility index (Phi) is 4.35. The summed E-state index contributed by atoms with van der Waals surface area (Å²) in [5.74, 6) is 0.623. The molecule has 2 amide bonds. The van der Waals surface area contributed by atoms with E-state index in [0.717, 1.165) is 6.42 Å². The number of amides is 2. The number of benzene rings is 1. The Labute approximate surface area is 115 Å². The van der Waals surface area contributed by atoms with E-state index in [1.54, 1.807) is 17.6 Å². The van der Waals surface area contributed by atoms with Crippen molar-refractivity contribution in [2.75, 3.05) is 11.5 Å². The van der Waals surface area contributed by atoms with E-state index in [4.69, 9.17) is 10.5 Å². The number of ether oxygens (including phenoxy) is 1. The highest BCUT2D eigenvalue weighted by Gasteiger charge is 2.20. The molecule has 0 aliphatic carbocycles. The quantitative estimate of drug-likeness (QED) is 0.912. The summed E-state index contributed by atoms with van der Waals surface area (Å²) in [6, 6.07) is 6.71. The molecule has 0 radical (unpaired) electrons. The normalized spacial score (nSPS) is 10.2. The topological polar surface area (TPSA) is 68.5 Å². The van der Waals surface area contributed by atoms with Gasteiger partial charge in [-0.2, -0.15) is 0 Å². The van der Waals surface area contributed by atoms with Crippen LogP contribution in [0.3, 0.4) is 0 Å². The Bertz CT molecular complexity index is 543. The zero-order valence-electron chi connectivity index (χ0n) is 10.6. The maximum Gasteiger partial charge on any atom is 0.325 e. The highest BCUT2D eigenvalue weighted by Crippen LogP contribution is 2.34. The predicted molar refractivity (Wildman–Crippen MR) is 76.1 cm³/mol. The van der Waals surface area contributed by atoms with Crippen LogP contribution in [0.25, 0.3) is 0 Å². The number of nitrogens with zero attached hydrogens (tertiary/aromatic N) is 2. The molecule has 5 nitrogen and oxygen atoms in total. The van der Waals surface area contributed by atoms with Crippen LogP contribution in [0.5, 0.6) is 5.75 Å². The molecule has 0 spiro atoms. The Morgan fingerprint density at radius 1 is 1.47 bits per heavy atom. The standard InChI is InChI=1S/C13H15N3O2S/c1-2-8-18-11-6-4-3-5-10(11)16(12(14)17)13-15-7-9-19-13/h3-7,9H,2,8H2,1H3,(H2,14,17). The van der Waals surface area contributed by atoms with Crippen molar-refractivity contribution in [1.82, 2.24) is 4.98 Å². The molecule has 100 valence electrons. The summed E-state index contributed by atoms with van der Waals surface area (Å²) >= 11 is 1.35. The summed E-state index contributed by atoms with van der Waals surface area (Å²) in [6.07, 6.45) is 2.52. The van der Waals surface area contributed by atoms with Crippen LogP contribution in [0.2, 0.25) is 0 Å². The van der Waals surface area contributed by atoms with Gasteiger partial charge < -0.3 is 10.5 Å². The van der Waals surface area contributed by atoms with Crippen molar-refractivity contribution in [2.45, 2.75) is 13.3 Å². The smallest absolute Gasteiger partial charge is 0.325 e. The minimum atomic E-state index is -0.581. The molecule has 0 saturated carbocycles. The molecule has 6 heteroatoms. The van der Waals surface area contributed by atoms with Crippen LogP contribution in [0.1, 0.15) is 13.3 Å². The largest absolute Gasteiger partial charge is 0.491 e. The Balaban J connectivity index is 2.39. The third-order valence-electron chi connectivity index (χ3n) is 2.40. The number of hydrogen-bond acceptors (Lipinski definition) is 4. The van der Waals surface area contributed by atoms with Crippen molar-refractivity contribution >= 4 is 28.2 Å². The molecule has 1 aromatic carbocycles. The zero-order valence-corrected chi connectivity index (χ0v) is 11.4. The minimum Gasteiger partial charge on any atom is -0.491 e. The van der Waals surface area contributed by atoms with Crippen LogP contribution in [-0.4, -0.2) is 17.6 Å². The van der Waals surface area contributed by atoms with Crippen LogP contribution in [0, 0.1) is 0 Å². The molecule has 2 aromatic rings. The van der Waals surface area contributed by atoms with Crippen molar-refractivity contribution in [2.24, 2.45) is 5.73 Å². The maximum atomic E-state index is 11.7. The summed E-state index contributed by atoms with van der Waals surface area (Å²) in [5.41, 5.74) is 6.07. The number of hydrogen-bond donors (Lipinski definition) is 1. The van der Waals surface area contributed by atoms with E-state index >= 15 is 0 Å². The Morgan fingerprint density at radius 2 is 2.26 bits per heavy atom. The number of carbonyl (C=O) groups is 1. The monoisotopic (exact) mass is 277 g/mol. The molecule has 1 heterocycles. The summed E-state index contributed by atoms with van der Waals surface area (Å²) in [5, 5.41) is 2.32. The second kappa shape index (κ2) is 6.19. The van der Waals surface area contributed by atoms with Gasteiger partial charge in [-0.05, 0) is 18.6 Å². The number of thiazole rings is 1. The van der Waals surface area contributed by atoms with E-state index in [2.05, 4.69) is 4.98 Å². The van der Waals surface area contributed by atoms with Gasteiger partial charge in [0.2, 0.25) is 0 Å². The fourth-order valence-corrected chi connectivity index (χ4v) is 2.28. The van der Waals surface area contributed by atoms with Crippen molar-refractivity contribution in [1.29, 1.82) is 0 Å². The zero-order chi connectivity index (χ0) is 13.7. The van der Waals surface area contributed by atoms with Crippen molar-refractivity contribution < 1.29 is 9.53 Å². The molecule has 0 aliphatic heterocycles. The first-order valence-corrected chi connectivity index (χ1v) is 6.83. The van der Waals surface area contributed by atoms with Crippen LogP contribution in [0.4, 0.5) is 15.6 Å². The lowest BCUT2D eigenvalue weighted by Gasteiger charge is -2.20. The Morgan fingerprint density at radius 3 is 2.89 bits per heavy atom. The summed E-state index contributed by atoms with van der Waals surface area (Å²) < 4.78 is 5.64.